The number of aryl methyl sites for hydroxylation is 1. The summed E-state index contributed by atoms with van der Waals surface area (Å²) in [4.78, 5) is 14.8. The molecule has 0 fully saturated rings. The van der Waals surface area contributed by atoms with Gasteiger partial charge in [-0.3, -0.25) is 4.79 Å². The van der Waals surface area contributed by atoms with Gasteiger partial charge in [0.25, 0.3) is 0 Å². The lowest BCUT2D eigenvalue weighted by Crippen LogP contribution is -2.44. The minimum atomic E-state index is -0.289. The van der Waals surface area contributed by atoms with Crippen LogP contribution in [0.4, 0.5) is 11.4 Å². The highest BCUT2D eigenvalue weighted by molar-refractivity contribution is 5.97. The fourth-order valence-electron chi connectivity index (χ4n) is 3.03. The van der Waals surface area contributed by atoms with Gasteiger partial charge in [0.15, 0.2) is 0 Å². The Morgan fingerprint density at radius 1 is 1.22 bits per heavy atom. The molecule has 1 heterocycles. The lowest BCUT2D eigenvalue weighted by atomic mass is 10.00. The molecule has 2 aromatic carbocycles. The maximum Gasteiger partial charge on any atom is 0.246 e. The predicted molar refractivity (Wildman–Crippen MR) is 91.4 cm³/mol. The summed E-state index contributed by atoms with van der Waals surface area (Å²) in [6.07, 6.45) is 2.10. The number of nitrogens with one attached hydrogen (secondary N) is 1. The standard InChI is InChI=1S/C19H19N3O/c1-14(19(23)21-17-10-4-2-8-16(17)13-20)22-12-6-9-15-7-3-5-11-18(15)22/h2-5,7-8,10-11,14H,6,9,12H2,1H3,(H,21,23)/t14-/m1/s1. The van der Waals surface area contributed by atoms with Crippen molar-refractivity contribution in [2.24, 2.45) is 0 Å². The van der Waals surface area contributed by atoms with E-state index in [4.69, 9.17) is 5.26 Å². The van der Waals surface area contributed by atoms with Gasteiger partial charge in [-0.15, -0.1) is 0 Å². The first-order valence-electron chi connectivity index (χ1n) is 7.85. The highest BCUT2D eigenvalue weighted by atomic mass is 16.2. The largest absolute Gasteiger partial charge is 0.360 e. The summed E-state index contributed by atoms with van der Waals surface area (Å²) in [5, 5.41) is 12.0. The second-order valence-corrected chi connectivity index (χ2v) is 5.75. The number of hydrogen-bond acceptors (Lipinski definition) is 3. The number of nitrogens with zero attached hydrogens (tertiary/aromatic N) is 2. The van der Waals surface area contributed by atoms with E-state index in [1.807, 2.05) is 25.1 Å². The summed E-state index contributed by atoms with van der Waals surface area (Å²) in [5.74, 6) is -0.0931. The van der Waals surface area contributed by atoms with Crippen LogP contribution in [0, 0.1) is 11.3 Å². The molecule has 0 saturated carbocycles. The fraction of sp³-hybridized carbons (Fsp3) is 0.263. The summed E-state index contributed by atoms with van der Waals surface area (Å²) >= 11 is 0. The third kappa shape index (κ3) is 3.04. The number of amides is 1. The van der Waals surface area contributed by atoms with E-state index in [0.29, 0.717) is 11.3 Å². The van der Waals surface area contributed by atoms with Gasteiger partial charge in [0, 0.05) is 12.2 Å². The summed E-state index contributed by atoms with van der Waals surface area (Å²) in [6.45, 7) is 2.78. The van der Waals surface area contributed by atoms with Crippen LogP contribution < -0.4 is 10.2 Å². The van der Waals surface area contributed by atoms with Crippen LogP contribution >= 0.6 is 0 Å². The number of carbonyl (C=O) groups excluding carboxylic acids is 1. The molecule has 0 bridgehead atoms. The van der Waals surface area contributed by atoms with Gasteiger partial charge in [0.1, 0.15) is 12.1 Å². The first-order valence-corrected chi connectivity index (χ1v) is 7.85. The molecule has 0 unspecified atom stereocenters. The van der Waals surface area contributed by atoms with Gasteiger partial charge in [0.2, 0.25) is 5.91 Å². The highest BCUT2D eigenvalue weighted by Crippen LogP contribution is 2.28. The minimum Gasteiger partial charge on any atom is -0.360 e. The minimum absolute atomic E-state index is 0.0931. The smallest absolute Gasteiger partial charge is 0.246 e. The fourth-order valence-corrected chi connectivity index (χ4v) is 3.03. The predicted octanol–water partition coefficient (Wildman–Crippen LogP) is 3.34. The van der Waals surface area contributed by atoms with Crippen molar-refractivity contribution < 1.29 is 4.79 Å². The van der Waals surface area contributed by atoms with Crippen molar-refractivity contribution in [3.8, 4) is 6.07 Å². The molecule has 3 rings (SSSR count). The molecule has 4 heteroatoms. The van der Waals surface area contributed by atoms with Crippen molar-refractivity contribution in [3.63, 3.8) is 0 Å². The van der Waals surface area contributed by atoms with Crippen molar-refractivity contribution in [2.75, 3.05) is 16.8 Å². The third-order valence-corrected chi connectivity index (χ3v) is 4.30. The van der Waals surface area contributed by atoms with Crippen molar-refractivity contribution in [2.45, 2.75) is 25.8 Å². The maximum atomic E-state index is 12.6. The van der Waals surface area contributed by atoms with E-state index in [-0.39, 0.29) is 11.9 Å². The number of rotatable bonds is 3. The summed E-state index contributed by atoms with van der Waals surface area (Å²) in [7, 11) is 0. The van der Waals surface area contributed by atoms with E-state index in [1.165, 1.54) is 5.56 Å². The summed E-state index contributed by atoms with van der Waals surface area (Å²) < 4.78 is 0. The number of anilines is 2. The molecule has 1 aliphatic heterocycles. The number of para-hydroxylation sites is 2. The van der Waals surface area contributed by atoms with E-state index in [1.54, 1.807) is 18.2 Å². The van der Waals surface area contributed by atoms with E-state index >= 15 is 0 Å². The molecule has 23 heavy (non-hydrogen) atoms. The molecular formula is C19H19N3O. The molecule has 0 radical (unpaired) electrons. The molecule has 0 spiro atoms. The van der Waals surface area contributed by atoms with Gasteiger partial charge in [-0.25, -0.2) is 0 Å². The highest BCUT2D eigenvalue weighted by Gasteiger charge is 2.26. The van der Waals surface area contributed by atoms with Gasteiger partial charge in [-0.1, -0.05) is 30.3 Å². The number of carbonyl (C=O) groups is 1. The van der Waals surface area contributed by atoms with Crippen molar-refractivity contribution in [1.82, 2.24) is 0 Å². The average Bonchev–Trinajstić information content (AvgIpc) is 2.61. The number of nitriles is 1. The zero-order valence-electron chi connectivity index (χ0n) is 13.1. The maximum absolute atomic E-state index is 12.6. The lowest BCUT2D eigenvalue weighted by molar-refractivity contribution is -0.117. The van der Waals surface area contributed by atoms with E-state index < -0.39 is 0 Å². The molecule has 2 aromatic rings. The molecule has 0 aromatic heterocycles. The van der Waals surface area contributed by atoms with E-state index in [9.17, 15) is 4.79 Å². The number of hydrogen-bond donors (Lipinski definition) is 1. The molecule has 1 N–H and O–H groups in total. The molecule has 4 nitrogen and oxygen atoms in total. The van der Waals surface area contributed by atoms with Gasteiger partial charge in [-0.2, -0.15) is 5.26 Å². The van der Waals surface area contributed by atoms with Crippen LogP contribution in [0.15, 0.2) is 48.5 Å². The van der Waals surface area contributed by atoms with Gasteiger partial charge in [-0.05, 0) is 43.5 Å². The van der Waals surface area contributed by atoms with Crippen LogP contribution in [-0.4, -0.2) is 18.5 Å². The number of benzene rings is 2. The second kappa shape index (κ2) is 6.53. The van der Waals surface area contributed by atoms with Crippen LogP contribution in [0.25, 0.3) is 0 Å². The summed E-state index contributed by atoms with van der Waals surface area (Å²) in [6, 6.07) is 17.1. The second-order valence-electron chi connectivity index (χ2n) is 5.75. The van der Waals surface area contributed by atoms with Crippen molar-refractivity contribution in [1.29, 1.82) is 5.26 Å². The lowest BCUT2D eigenvalue weighted by Gasteiger charge is -2.35. The quantitative estimate of drug-likeness (QED) is 0.946. The Morgan fingerprint density at radius 2 is 1.96 bits per heavy atom. The molecule has 1 atom stereocenters. The molecule has 0 saturated heterocycles. The normalized spacial score (nSPS) is 14.5. The van der Waals surface area contributed by atoms with Crippen LogP contribution in [0.1, 0.15) is 24.5 Å². The first kappa shape index (κ1) is 15.1. The van der Waals surface area contributed by atoms with Crippen molar-refractivity contribution in [3.05, 3.63) is 59.7 Å². The van der Waals surface area contributed by atoms with Gasteiger partial charge >= 0.3 is 0 Å². The van der Waals surface area contributed by atoms with Gasteiger partial charge < -0.3 is 10.2 Å². The molecule has 1 aliphatic rings. The van der Waals surface area contributed by atoms with Gasteiger partial charge in [0.05, 0.1) is 11.3 Å². The monoisotopic (exact) mass is 305 g/mol. The van der Waals surface area contributed by atoms with Crippen LogP contribution in [0.5, 0.6) is 0 Å². The van der Waals surface area contributed by atoms with Crippen molar-refractivity contribution >= 4 is 17.3 Å². The summed E-state index contributed by atoms with van der Waals surface area (Å²) in [5.41, 5.74) is 3.47. The average molecular weight is 305 g/mol. The number of fused-ring (bicyclic) bond motifs is 1. The molecule has 0 aliphatic carbocycles. The Balaban J connectivity index is 1.80. The Kier molecular flexibility index (Phi) is 4.29. The Hall–Kier alpha value is -2.80. The molecular weight excluding hydrogens is 286 g/mol. The Morgan fingerprint density at radius 3 is 2.78 bits per heavy atom. The first-order chi connectivity index (χ1) is 11.2. The van der Waals surface area contributed by atoms with E-state index in [2.05, 4.69) is 28.4 Å². The van der Waals surface area contributed by atoms with E-state index in [0.717, 1.165) is 25.1 Å². The van der Waals surface area contributed by atoms with Crippen LogP contribution in [-0.2, 0) is 11.2 Å². The Labute approximate surface area is 136 Å². The Bertz CT molecular complexity index is 763. The zero-order valence-corrected chi connectivity index (χ0v) is 13.1. The topological polar surface area (TPSA) is 56.1 Å². The molecule has 116 valence electrons. The molecule has 1 amide bonds. The zero-order chi connectivity index (χ0) is 16.2. The third-order valence-electron chi connectivity index (χ3n) is 4.30. The van der Waals surface area contributed by atoms with Crippen LogP contribution in [0.2, 0.25) is 0 Å². The van der Waals surface area contributed by atoms with Crippen LogP contribution in [0.3, 0.4) is 0 Å². The SMILES string of the molecule is C[C@H](C(=O)Nc1ccccc1C#N)N1CCCc2ccccc21.